The molecule has 0 spiro atoms. The first kappa shape index (κ1) is 13.1. The van der Waals surface area contributed by atoms with Gasteiger partial charge < -0.3 is 4.98 Å². The van der Waals surface area contributed by atoms with Gasteiger partial charge in [0.1, 0.15) is 5.82 Å². The third kappa shape index (κ3) is 2.28. The molecule has 3 nitrogen and oxygen atoms in total. The number of benzene rings is 1. The van der Waals surface area contributed by atoms with Gasteiger partial charge >= 0.3 is 0 Å². The normalized spacial score (nSPS) is 14.8. The number of nitrogens with zero attached hydrogens (tertiary/aromatic N) is 1. The lowest BCUT2D eigenvalue weighted by Crippen LogP contribution is -2.18. The van der Waals surface area contributed by atoms with E-state index in [9.17, 15) is 4.79 Å². The zero-order chi connectivity index (χ0) is 14.3. The van der Waals surface area contributed by atoms with E-state index >= 15 is 0 Å². The fourth-order valence-corrected chi connectivity index (χ4v) is 2.87. The molecule has 2 aromatic rings. The Bertz CT molecular complexity index is 696. The Morgan fingerprint density at radius 1 is 1.25 bits per heavy atom. The van der Waals surface area contributed by atoms with E-state index in [2.05, 4.69) is 28.2 Å². The zero-order valence-corrected chi connectivity index (χ0v) is 12.2. The second-order valence-electron chi connectivity index (χ2n) is 5.93. The van der Waals surface area contributed by atoms with Crippen LogP contribution in [0.25, 0.3) is 11.4 Å². The Labute approximate surface area is 119 Å². The number of hydrogen-bond donors (Lipinski definition) is 1. The standard InChI is InChI=1S/C17H20N2O/c1-10(2)15-11(3)18-16(19-17(15)20)14-7-5-4-6-13(14)12-8-9-12/h4-7,10,12H,8-9H2,1-3H3,(H,18,19,20). The first-order chi connectivity index (χ1) is 9.58. The summed E-state index contributed by atoms with van der Waals surface area (Å²) in [6.07, 6.45) is 2.48. The van der Waals surface area contributed by atoms with Crippen molar-refractivity contribution in [1.82, 2.24) is 9.97 Å². The average Bonchev–Trinajstić information content (AvgIpc) is 3.21. The predicted molar refractivity (Wildman–Crippen MR) is 81.1 cm³/mol. The van der Waals surface area contributed by atoms with E-state index < -0.39 is 0 Å². The number of aromatic amines is 1. The smallest absolute Gasteiger partial charge is 0.254 e. The molecule has 3 rings (SSSR count). The molecule has 1 aliphatic rings. The highest BCUT2D eigenvalue weighted by molar-refractivity contribution is 5.62. The number of aromatic nitrogens is 2. The molecular weight excluding hydrogens is 248 g/mol. The van der Waals surface area contributed by atoms with Crippen LogP contribution in [0.1, 0.15) is 55.3 Å². The van der Waals surface area contributed by atoms with E-state index in [0.717, 1.165) is 16.8 Å². The molecule has 0 saturated heterocycles. The van der Waals surface area contributed by atoms with Crippen LogP contribution in [0.15, 0.2) is 29.1 Å². The highest BCUT2D eigenvalue weighted by atomic mass is 16.1. The molecule has 1 saturated carbocycles. The summed E-state index contributed by atoms with van der Waals surface area (Å²) in [6.45, 7) is 5.97. The van der Waals surface area contributed by atoms with E-state index in [4.69, 9.17) is 0 Å². The van der Waals surface area contributed by atoms with Crippen LogP contribution in [-0.2, 0) is 0 Å². The van der Waals surface area contributed by atoms with Crippen molar-refractivity contribution in [2.75, 3.05) is 0 Å². The van der Waals surface area contributed by atoms with Crippen molar-refractivity contribution in [3.63, 3.8) is 0 Å². The molecule has 0 aliphatic heterocycles. The third-order valence-electron chi connectivity index (χ3n) is 3.96. The van der Waals surface area contributed by atoms with Crippen LogP contribution in [0.4, 0.5) is 0 Å². The molecule has 1 aromatic heterocycles. The molecule has 0 atom stereocenters. The third-order valence-corrected chi connectivity index (χ3v) is 3.96. The van der Waals surface area contributed by atoms with Crippen LogP contribution in [-0.4, -0.2) is 9.97 Å². The molecule has 3 heteroatoms. The molecule has 0 unspecified atom stereocenters. The lowest BCUT2D eigenvalue weighted by Gasteiger charge is -2.12. The lowest BCUT2D eigenvalue weighted by atomic mass is 10.0. The Morgan fingerprint density at radius 3 is 2.55 bits per heavy atom. The van der Waals surface area contributed by atoms with Crippen molar-refractivity contribution >= 4 is 0 Å². The fraction of sp³-hybridized carbons (Fsp3) is 0.412. The van der Waals surface area contributed by atoms with E-state index in [-0.39, 0.29) is 11.5 Å². The zero-order valence-electron chi connectivity index (χ0n) is 12.2. The Hall–Kier alpha value is -1.90. The van der Waals surface area contributed by atoms with Gasteiger partial charge in [0.05, 0.1) is 0 Å². The summed E-state index contributed by atoms with van der Waals surface area (Å²) >= 11 is 0. The summed E-state index contributed by atoms with van der Waals surface area (Å²) < 4.78 is 0. The predicted octanol–water partition coefficient (Wildman–Crippen LogP) is 3.75. The van der Waals surface area contributed by atoms with Gasteiger partial charge in [0, 0.05) is 16.8 Å². The monoisotopic (exact) mass is 268 g/mol. The van der Waals surface area contributed by atoms with Crippen molar-refractivity contribution in [3.05, 3.63) is 51.4 Å². The van der Waals surface area contributed by atoms with Crippen LogP contribution < -0.4 is 5.56 Å². The molecule has 1 fully saturated rings. The van der Waals surface area contributed by atoms with E-state index in [1.54, 1.807) is 0 Å². The summed E-state index contributed by atoms with van der Waals surface area (Å²) in [5.74, 6) is 1.54. The largest absolute Gasteiger partial charge is 0.306 e. The first-order valence-electron chi connectivity index (χ1n) is 7.28. The Balaban J connectivity index is 2.14. The second-order valence-corrected chi connectivity index (χ2v) is 5.93. The molecule has 1 aliphatic carbocycles. The minimum Gasteiger partial charge on any atom is -0.306 e. The van der Waals surface area contributed by atoms with Crippen molar-refractivity contribution in [2.45, 2.75) is 45.4 Å². The quantitative estimate of drug-likeness (QED) is 0.921. The average molecular weight is 268 g/mol. The maximum absolute atomic E-state index is 12.3. The summed E-state index contributed by atoms with van der Waals surface area (Å²) in [5.41, 5.74) is 4.01. The number of hydrogen-bond acceptors (Lipinski definition) is 2. The SMILES string of the molecule is Cc1nc(-c2ccccc2C2CC2)[nH]c(=O)c1C(C)C. The van der Waals surface area contributed by atoms with Crippen molar-refractivity contribution < 1.29 is 0 Å². The van der Waals surface area contributed by atoms with Gasteiger partial charge in [0.2, 0.25) is 0 Å². The van der Waals surface area contributed by atoms with E-state index in [1.165, 1.54) is 18.4 Å². The van der Waals surface area contributed by atoms with Gasteiger partial charge in [-0.3, -0.25) is 4.79 Å². The minimum atomic E-state index is -0.00639. The molecular formula is C17H20N2O. The number of nitrogens with one attached hydrogen (secondary N) is 1. The number of rotatable bonds is 3. The minimum absolute atomic E-state index is 0.00639. The molecule has 1 N–H and O–H groups in total. The van der Waals surface area contributed by atoms with Gasteiger partial charge in [0.25, 0.3) is 5.56 Å². The molecule has 0 bridgehead atoms. The molecule has 1 heterocycles. The van der Waals surface area contributed by atoms with Gasteiger partial charge in [-0.2, -0.15) is 0 Å². The maximum Gasteiger partial charge on any atom is 0.254 e. The first-order valence-corrected chi connectivity index (χ1v) is 7.28. The van der Waals surface area contributed by atoms with Crippen LogP contribution in [0.2, 0.25) is 0 Å². The van der Waals surface area contributed by atoms with E-state index in [0.29, 0.717) is 11.7 Å². The van der Waals surface area contributed by atoms with Crippen LogP contribution in [0.5, 0.6) is 0 Å². The number of H-pyrrole nitrogens is 1. The summed E-state index contributed by atoms with van der Waals surface area (Å²) in [5, 5.41) is 0. The molecule has 104 valence electrons. The highest BCUT2D eigenvalue weighted by Gasteiger charge is 2.27. The fourth-order valence-electron chi connectivity index (χ4n) is 2.87. The maximum atomic E-state index is 12.3. The Morgan fingerprint density at radius 2 is 1.95 bits per heavy atom. The highest BCUT2D eigenvalue weighted by Crippen LogP contribution is 2.43. The molecule has 0 radical (unpaired) electrons. The van der Waals surface area contributed by atoms with Crippen LogP contribution in [0.3, 0.4) is 0 Å². The summed E-state index contributed by atoms with van der Waals surface area (Å²) in [4.78, 5) is 19.9. The van der Waals surface area contributed by atoms with Crippen molar-refractivity contribution in [1.29, 1.82) is 0 Å². The summed E-state index contributed by atoms with van der Waals surface area (Å²) in [6, 6.07) is 8.27. The van der Waals surface area contributed by atoms with Crippen molar-refractivity contribution in [2.24, 2.45) is 0 Å². The molecule has 0 amide bonds. The Kier molecular flexibility index (Phi) is 3.20. The van der Waals surface area contributed by atoms with Gasteiger partial charge in [-0.05, 0) is 37.2 Å². The van der Waals surface area contributed by atoms with Crippen LogP contribution >= 0.6 is 0 Å². The van der Waals surface area contributed by atoms with Gasteiger partial charge in [0.15, 0.2) is 0 Å². The number of aryl methyl sites for hydroxylation is 1. The molecule has 20 heavy (non-hydrogen) atoms. The topological polar surface area (TPSA) is 45.8 Å². The lowest BCUT2D eigenvalue weighted by molar-refractivity contribution is 0.814. The molecule has 1 aromatic carbocycles. The van der Waals surface area contributed by atoms with Gasteiger partial charge in [-0.25, -0.2) is 4.98 Å². The second kappa shape index (κ2) is 4.89. The summed E-state index contributed by atoms with van der Waals surface area (Å²) in [7, 11) is 0. The van der Waals surface area contributed by atoms with Gasteiger partial charge in [-0.15, -0.1) is 0 Å². The van der Waals surface area contributed by atoms with Crippen molar-refractivity contribution in [3.8, 4) is 11.4 Å². The van der Waals surface area contributed by atoms with Crippen LogP contribution in [0, 0.1) is 6.92 Å². The van der Waals surface area contributed by atoms with Gasteiger partial charge in [-0.1, -0.05) is 38.1 Å². The van der Waals surface area contributed by atoms with E-state index in [1.807, 2.05) is 26.8 Å².